The van der Waals surface area contributed by atoms with Crippen LogP contribution in [0.2, 0.25) is 5.02 Å². The van der Waals surface area contributed by atoms with Gasteiger partial charge in [-0.25, -0.2) is 9.18 Å². The number of aromatic nitrogens is 1. The van der Waals surface area contributed by atoms with E-state index in [2.05, 4.69) is 10.3 Å². The Labute approximate surface area is 118 Å². The van der Waals surface area contributed by atoms with Gasteiger partial charge in [0.05, 0.1) is 16.3 Å². The Morgan fingerprint density at radius 2 is 2.10 bits per heavy atom. The molecule has 0 aliphatic carbocycles. The van der Waals surface area contributed by atoms with Gasteiger partial charge in [-0.1, -0.05) is 17.7 Å². The third kappa shape index (κ3) is 2.50. The van der Waals surface area contributed by atoms with Gasteiger partial charge in [0.15, 0.2) is 5.82 Å². The molecule has 0 atom stereocenters. The van der Waals surface area contributed by atoms with Crippen LogP contribution in [0.5, 0.6) is 0 Å². The Morgan fingerprint density at radius 1 is 1.40 bits per heavy atom. The van der Waals surface area contributed by atoms with Crippen LogP contribution in [-0.2, 0) is 0 Å². The summed E-state index contributed by atoms with van der Waals surface area (Å²) >= 11 is 5.59. The van der Waals surface area contributed by atoms with E-state index >= 15 is 0 Å². The third-order valence-electron chi connectivity index (χ3n) is 2.74. The van der Waals surface area contributed by atoms with E-state index in [1.165, 1.54) is 24.4 Å². The van der Waals surface area contributed by atoms with Crippen LogP contribution in [0.25, 0.3) is 0 Å². The van der Waals surface area contributed by atoms with Gasteiger partial charge in [0, 0.05) is 11.9 Å². The summed E-state index contributed by atoms with van der Waals surface area (Å²) < 4.78 is 13.7. The number of aryl methyl sites for hydroxylation is 1. The molecule has 20 heavy (non-hydrogen) atoms. The highest BCUT2D eigenvalue weighted by atomic mass is 35.5. The van der Waals surface area contributed by atoms with Gasteiger partial charge >= 0.3 is 5.97 Å². The van der Waals surface area contributed by atoms with Gasteiger partial charge in [0.2, 0.25) is 0 Å². The fourth-order valence-electron chi connectivity index (χ4n) is 1.77. The third-order valence-corrected chi connectivity index (χ3v) is 3.03. The smallest absolute Gasteiger partial charge is 0.339 e. The lowest BCUT2D eigenvalue weighted by Gasteiger charge is -2.06. The Kier molecular flexibility index (Phi) is 3.76. The van der Waals surface area contributed by atoms with Crippen LogP contribution in [0.4, 0.5) is 10.1 Å². The van der Waals surface area contributed by atoms with E-state index in [0.717, 1.165) is 0 Å². The number of aromatic amines is 1. The summed E-state index contributed by atoms with van der Waals surface area (Å²) in [5.74, 6) is -2.81. The first-order chi connectivity index (χ1) is 9.41. The van der Waals surface area contributed by atoms with Crippen molar-refractivity contribution >= 4 is 29.2 Å². The average molecular weight is 297 g/mol. The highest BCUT2D eigenvalue weighted by molar-refractivity contribution is 6.31. The zero-order valence-electron chi connectivity index (χ0n) is 10.3. The number of amides is 1. The monoisotopic (exact) mass is 296 g/mol. The van der Waals surface area contributed by atoms with Crippen molar-refractivity contribution in [1.29, 1.82) is 0 Å². The number of halogens is 2. The van der Waals surface area contributed by atoms with E-state index < -0.39 is 17.7 Å². The number of rotatable bonds is 3. The first kappa shape index (κ1) is 14.1. The van der Waals surface area contributed by atoms with Crippen LogP contribution in [0.1, 0.15) is 26.4 Å². The molecule has 2 rings (SSSR count). The first-order valence-electron chi connectivity index (χ1n) is 5.58. The second-order valence-electron chi connectivity index (χ2n) is 4.06. The normalized spacial score (nSPS) is 10.3. The fourth-order valence-corrected chi connectivity index (χ4v) is 1.94. The quantitative estimate of drug-likeness (QED) is 0.814. The lowest BCUT2D eigenvalue weighted by Crippen LogP contribution is -2.15. The van der Waals surface area contributed by atoms with Gasteiger partial charge in [0.1, 0.15) is 5.56 Å². The van der Waals surface area contributed by atoms with Crippen LogP contribution >= 0.6 is 11.6 Å². The lowest BCUT2D eigenvalue weighted by atomic mass is 10.1. The molecule has 3 N–H and O–H groups in total. The van der Waals surface area contributed by atoms with E-state index in [-0.39, 0.29) is 21.8 Å². The first-order valence-corrected chi connectivity index (χ1v) is 5.96. The molecule has 1 aromatic heterocycles. The zero-order chi connectivity index (χ0) is 14.9. The zero-order valence-corrected chi connectivity index (χ0v) is 11.1. The molecule has 5 nitrogen and oxygen atoms in total. The van der Waals surface area contributed by atoms with Gasteiger partial charge < -0.3 is 15.4 Å². The summed E-state index contributed by atoms with van der Waals surface area (Å²) in [4.78, 5) is 25.7. The van der Waals surface area contributed by atoms with Crippen LogP contribution in [-0.4, -0.2) is 22.0 Å². The lowest BCUT2D eigenvalue weighted by molar-refractivity contribution is 0.0697. The summed E-state index contributed by atoms with van der Waals surface area (Å²) in [5, 5.41) is 11.2. The van der Waals surface area contributed by atoms with Gasteiger partial charge in [-0.15, -0.1) is 0 Å². The SMILES string of the molecule is Cc1[nH]cc(NC(=O)c2cccc(Cl)c2F)c1C(=O)O. The van der Waals surface area contributed by atoms with Gasteiger partial charge in [0.25, 0.3) is 5.91 Å². The summed E-state index contributed by atoms with van der Waals surface area (Å²) in [5.41, 5.74) is 0.132. The number of benzene rings is 1. The number of carbonyl (C=O) groups is 2. The second-order valence-corrected chi connectivity index (χ2v) is 4.47. The van der Waals surface area contributed by atoms with E-state index in [4.69, 9.17) is 16.7 Å². The number of nitrogens with one attached hydrogen (secondary N) is 2. The number of anilines is 1. The maximum absolute atomic E-state index is 13.7. The predicted molar refractivity (Wildman–Crippen MR) is 71.9 cm³/mol. The number of hydrogen-bond acceptors (Lipinski definition) is 2. The van der Waals surface area contributed by atoms with Crippen molar-refractivity contribution < 1.29 is 19.1 Å². The maximum Gasteiger partial charge on any atom is 0.339 e. The summed E-state index contributed by atoms with van der Waals surface area (Å²) in [6.07, 6.45) is 1.33. The average Bonchev–Trinajstić information content (AvgIpc) is 2.73. The molecule has 0 bridgehead atoms. The maximum atomic E-state index is 13.7. The molecule has 0 unspecified atom stereocenters. The molecule has 1 amide bonds. The minimum atomic E-state index is -1.19. The van der Waals surface area contributed by atoms with Crippen LogP contribution in [0.15, 0.2) is 24.4 Å². The Bertz CT molecular complexity index is 697. The molecule has 104 valence electrons. The van der Waals surface area contributed by atoms with E-state index in [9.17, 15) is 14.0 Å². The van der Waals surface area contributed by atoms with Crippen LogP contribution in [0.3, 0.4) is 0 Å². The summed E-state index contributed by atoms with van der Waals surface area (Å²) in [6, 6.07) is 4.01. The van der Waals surface area contributed by atoms with Crippen LogP contribution < -0.4 is 5.32 Å². The Morgan fingerprint density at radius 3 is 2.75 bits per heavy atom. The van der Waals surface area contributed by atoms with Crippen LogP contribution in [0, 0.1) is 12.7 Å². The van der Waals surface area contributed by atoms with Crippen molar-refractivity contribution in [2.75, 3.05) is 5.32 Å². The highest BCUT2D eigenvalue weighted by Crippen LogP contribution is 2.22. The number of carboxylic acids is 1. The Balaban J connectivity index is 2.33. The molecule has 0 saturated heterocycles. The molecular formula is C13H10ClFN2O3. The second kappa shape index (κ2) is 5.34. The molecule has 1 heterocycles. The van der Waals surface area contributed by atoms with Crippen molar-refractivity contribution in [2.45, 2.75) is 6.92 Å². The molecule has 0 aliphatic rings. The number of carboxylic acid groups (broad SMARTS) is 1. The van der Waals surface area contributed by atoms with E-state index in [1.54, 1.807) is 6.92 Å². The highest BCUT2D eigenvalue weighted by Gasteiger charge is 2.20. The van der Waals surface area contributed by atoms with E-state index in [0.29, 0.717) is 5.69 Å². The number of carbonyl (C=O) groups excluding carboxylic acids is 1. The van der Waals surface area contributed by atoms with Gasteiger partial charge in [-0.05, 0) is 19.1 Å². The van der Waals surface area contributed by atoms with Crippen molar-refractivity contribution in [2.24, 2.45) is 0 Å². The summed E-state index contributed by atoms with van der Waals surface area (Å²) in [7, 11) is 0. The molecular weight excluding hydrogens is 287 g/mol. The van der Waals surface area contributed by atoms with Crippen molar-refractivity contribution in [3.05, 3.63) is 52.1 Å². The Hall–Kier alpha value is -2.34. The molecule has 0 aliphatic heterocycles. The van der Waals surface area contributed by atoms with Crippen molar-refractivity contribution in [3.8, 4) is 0 Å². The minimum absolute atomic E-state index is 0.0687. The van der Waals surface area contributed by atoms with Crippen molar-refractivity contribution in [1.82, 2.24) is 4.98 Å². The summed E-state index contributed by atoms with van der Waals surface area (Å²) in [6.45, 7) is 1.55. The predicted octanol–water partition coefficient (Wildman–Crippen LogP) is 3.07. The molecule has 0 spiro atoms. The number of aromatic carboxylic acids is 1. The molecule has 0 fully saturated rings. The van der Waals surface area contributed by atoms with E-state index in [1.807, 2.05) is 0 Å². The molecule has 0 saturated carbocycles. The molecule has 0 radical (unpaired) electrons. The standard InChI is InChI=1S/C13H10ClFN2O3/c1-6-10(13(19)20)9(5-16-6)17-12(18)7-3-2-4-8(14)11(7)15/h2-5,16H,1H3,(H,17,18)(H,19,20). The number of H-pyrrole nitrogens is 1. The minimum Gasteiger partial charge on any atom is -0.478 e. The number of hydrogen-bond donors (Lipinski definition) is 3. The van der Waals surface area contributed by atoms with Crippen molar-refractivity contribution in [3.63, 3.8) is 0 Å². The molecule has 1 aromatic carbocycles. The fraction of sp³-hybridized carbons (Fsp3) is 0.0769. The molecule has 2 aromatic rings. The topological polar surface area (TPSA) is 82.2 Å². The van der Waals surface area contributed by atoms with Gasteiger partial charge in [-0.3, -0.25) is 4.79 Å². The molecule has 7 heteroatoms. The largest absolute Gasteiger partial charge is 0.478 e. The van der Waals surface area contributed by atoms with Gasteiger partial charge in [-0.2, -0.15) is 0 Å².